The fourth-order valence-corrected chi connectivity index (χ4v) is 3.18. The van der Waals surface area contributed by atoms with E-state index < -0.39 is 28.5 Å². The first-order valence-electron chi connectivity index (χ1n) is 6.13. The van der Waals surface area contributed by atoms with Crippen LogP contribution in [0, 0.1) is 5.92 Å². The van der Waals surface area contributed by atoms with E-state index in [2.05, 4.69) is 13.8 Å². The maximum Gasteiger partial charge on any atom is 0.424 e. The summed E-state index contributed by atoms with van der Waals surface area (Å²) in [5.41, 5.74) is -1.18. The van der Waals surface area contributed by atoms with E-state index in [1.807, 2.05) is 6.92 Å². The zero-order chi connectivity index (χ0) is 14.1. The standard InChI is InChI=1S/C12H23NO4S/c1-9(2)7-12(6)8-16-18(15)13(12)10(14)17-11(3,4)5/h9H,7-8H2,1-6H3. The smallest absolute Gasteiger partial charge is 0.424 e. The molecule has 5 nitrogen and oxygen atoms in total. The summed E-state index contributed by atoms with van der Waals surface area (Å²) in [5.74, 6) is 0.374. The summed E-state index contributed by atoms with van der Waals surface area (Å²) >= 11 is -1.75. The van der Waals surface area contributed by atoms with Crippen molar-refractivity contribution in [3.05, 3.63) is 0 Å². The number of rotatable bonds is 2. The molecule has 0 saturated carbocycles. The predicted octanol–water partition coefficient (Wildman–Crippen LogP) is 2.64. The Morgan fingerprint density at radius 3 is 2.50 bits per heavy atom. The quantitative estimate of drug-likeness (QED) is 0.778. The Balaban J connectivity index is 2.88. The first-order chi connectivity index (χ1) is 8.05. The van der Waals surface area contributed by atoms with E-state index in [1.165, 1.54) is 4.31 Å². The van der Waals surface area contributed by atoms with Crippen LogP contribution in [0.1, 0.15) is 48.0 Å². The Morgan fingerprint density at radius 1 is 1.50 bits per heavy atom. The lowest BCUT2D eigenvalue weighted by atomic mass is 9.92. The molecule has 18 heavy (non-hydrogen) atoms. The maximum absolute atomic E-state index is 12.1. The van der Waals surface area contributed by atoms with Crippen LogP contribution in [0.4, 0.5) is 4.79 Å². The topological polar surface area (TPSA) is 55.8 Å². The van der Waals surface area contributed by atoms with E-state index in [0.717, 1.165) is 6.42 Å². The van der Waals surface area contributed by atoms with Gasteiger partial charge >= 0.3 is 6.09 Å². The third kappa shape index (κ3) is 3.68. The third-order valence-corrected chi connectivity index (χ3v) is 3.72. The molecule has 0 spiro atoms. The average molecular weight is 277 g/mol. The van der Waals surface area contributed by atoms with Crippen LogP contribution in [-0.2, 0) is 20.2 Å². The van der Waals surface area contributed by atoms with Crippen molar-refractivity contribution in [3.63, 3.8) is 0 Å². The molecule has 1 heterocycles. The van der Waals surface area contributed by atoms with Gasteiger partial charge in [0.05, 0.1) is 12.1 Å². The molecular formula is C12H23NO4S. The zero-order valence-corrected chi connectivity index (χ0v) is 12.8. The molecule has 0 aromatic heterocycles. The summed E-state index contributed by atoms with van der Waals surface area (Å²) in [6.07, 6.45) is 0.138. The number of carbonyl (C=O) groups is 1. The van der Waals surface area contributed by atoms with Crippen LogP contribution in [0.2, 0.25) is 0 Å². The van der Waals surface area contributed by atoms with Gasteiger partial charge in [0.2, 0.25) is 0 Å². The molecule has 0 bridgehead atoms. The highest BCUT2D eigenvalue weighted by Crippen LogP contribution is 2.33. The molecule has 1 aliphatic heterocycles. The molecule has 1 rings (SSSR count). The second-order valence-corrected chi connectivity index (χ2v) is 7.38. The molecule has 0 N–H and O–H groups in total. The molecule has 2 unspecified atom stereocenters. The van der Waals surface area contributed by atoms with Crippen LogP contribution in [0.3, 0.4) is 0 Å². The Hall–Kier alpha value is -0.620. The summed E-state index contributed by atoms with van der Waals surface area (Å²) in [6, 6.07) is 0. The van der Waals surface area contributed by atoms with E-state index in [-0.39, 0.29) is 6.61 Å². The van der Waals surface area contributed by atoms with Crippen molar-refractivity contribution in [2.24, 2.45) is 5.92 Å². The highest BCUT2D eigenvalue weighted by Gasteiger charge is 2.48. The van der Waals surface area contributed by atoms with Gasteiger partial charge in [-0.05, 0) is 40.0 Å². The molecular weight excluding hydrogens is 254 g/mol. The minimum Gasteiger partial charge on any atom is -0.443 e. The summed E-state index contributed by atoms with van der Waals surface area (Å²) in [4.78, 5) is 12.1. The number of carbonyl (C=O) groups excluding carboxylic acids is 1. The molecule has 1 aliphatic rings. The van der Waals surface area contributed by atoms with Gasteiger partial charge in [-0.1, -0.05) is 13.8 Å². The Kier molecular flexibility index (Phi) is 4.43. The first-order valence-corrected chi connectivity index (χ1v) is 7.17. The number of hydrogen-bond acceptors (Lipinski definition) is 4. The summed E-state index contributed by atoms with van der Waals surface area (Å²) in [7, 11) is 0. The molecule has 106 valence electrons. The fraction of sp³-hybridized carbons (Fsp3) is 0.917. The van der Waals surface area contributed by atoms with Gasteiger partial charge in [-0.2, -0.15) is 4.31 Å². The Morgan fingerprint density at radius 2 is 2.06 bits per heavy atom. The molecule has 0 aromatic carbocycles. The van der Waals surface area contributed by atoms with Crippen LogP contribution in [-0.4, -0.2) is 32.4 Å². The third-order valence-electron chi connectivity index (χ3n) is 2.52. The van der Waals surface area contributed by atoms with Crippen molar-refractivity contribution < 1.29 is 17.9 Å². The Labute approximate surface area is 112 Å². The average Bonchev–Trinajstić information content (AvgIpc) is 2.37. The lowest BCUT2D eigenvalue weighted by molar-refractivity contribution is 0.0252. The minimum absolute atomic E-state index is 0.275. The van der Waals surface area contributed by atoms with Crippen LogP contribution in [0.5, 0.6) is 0 Å². The molecule has 0 aliphatic carbocycles. The van der Waals surface area contributed by atoms with E-state index in [9.17, 15) is 9.00 Å². The highest BCUT2D eigenvalue weighted by molar-refractivity contribution is 7.78. The lowest BCUT2D eigenvalue weighted by Gasteiger charge is -2.33. The number of nitrogens with zero attached hydrogens (tertiary/aromatic N) is 1. The van der Waals surface area contributed by atoms with Gasteiger partial charge in [-0.3, -0.25) is 4.18 Å². The van der Waals surface area contributed by atoms with E-state index in [0.29, 0.717) is 5.92 Å². The summed E-state index contributed by atoms with van der Waals surface area (Å²) in [6.45, 7) is 11.6. The number of ether oxygens (including phenoxy) is 1. The number of amides is 1. The molecule has 1 amide bonds. The number of hydrogen-bond donors (Lipinski definition) is 0. The van der Waals surface area contributed by atoms with Crippen LogP contribution >= 0.6 is 0 Å². The van der Waals surface area contributed by atoms with E-state index in [1.54, 1.807) is 20.8 Å². The molecule has 6 heteroatoms. The van der Waals surface area contributed by atoms with Crippen molar-refractivity contribution >= 4 is 17.4 Å². The van der Waals surface area contributed by atoms with Gasteiger partial charge < -0.3 is 4.74 Å². The van der Waals surface area contributed by atoms with Crippen molar-refractivity contribution in [1.29, 1.82) is 0 Å². The van der Waals surface area contributed by atoms with Gasteiger partial charge in [-0.25, -0.2) is 9.00 Å². The van der Waals surface area contributed by atoms with Crippen LogP contribution < -0.4 is 0 Å². The van der Waals surface area contributed by atoms with Crippen molar-refractivity contribution in [2.75, 3.05) is 6.61 Å². The van der Waals surface area contributed by atoms with E-state index in [4.69, 9.17) is 8.92 Å². The highest BCUT2D eigenvalue weighted by atomic mass is 32.2. The van der Waals surface area contributed by atoms with Gasteiger partial charge in [0, 0.05) is 0 Å². The molecule has 2 atom stereocenters. The van der Waals surface area contributed by atoms with Crippen LogP contribution in [0.25, 0.3) is 0 Å². The fourth-order valence-electron chi connectivity index (χ4n) is 2.07. The first kappa shape index (κ1) is 15.4. The second kappa shape index (κ2) is 5.17. The SMILES string of the molecule is CC(C)CC1(C)COS(=O)N1C(=O)OC(C)(C)C. The van der Waals surface area contributed by atoms with Gasteiger partial charge in [-0.15, -0.1) is 0 Å². The van der Waals surface area contributed by atoms with Crippen molar-refractivity contribution in [2.45, 2.75) is 59.1 Å². The molecule has 0 radical (unpaired) electrons. The molecule has 0 aromatic rings. The Bertz CT molecular complexity index is 350. The van der Waals surface area contributed by atoms with Crippen molar-refractivity contribution in [1.82, 2.24) is 4.31 Å². The van der Waals surface area contributed by atoms with Gasteiger partial charge in [0.15, 0.2) is 0 Å². The predicted molar refractivity (Wildman–Crippen MR) is 70.0 cm³/mol. The molecule has 1 fully saturated rings. The molecule has 1 saturated heterocycles. The van der Waals surface area contributed by atoms with Gasteiger partial charge in [0.25, 0.3) is 11.3 Å². The van der Waals surface area contributed by atoms with E-state index >= 15 is 0 Å². The van der Waals surface area contributed by atoms with Crippen molar-refractivity contribution in [3.8, 4) is 0 Å². The monoisotopic (exact) mass is 277 g/mol. The largest absolute Gasteiger partial charge is 0.443 e. The zero-order valence-electron chi connectivity index (χ0n) is 12.0. The minimum atomic E-state index is -1.75. The summed E-state index contributed by atoms with van der Waals surface area (Å²) < 4.78 is 23.4. The maximum atomic E-state index is 12.1. The normalized spacial score (nSPS) is 28.8. The lowest BCUT2D eigenvalue weighted by Crippen LogP contribution is -2.49. The second-order valence-electron chi connectivity index (χ2n) is 6.35. The van der Waals surface area contributed by atoms with Crippen LogP contribution in [0.15, 0.2) is 0 Å². The summed E-state index contributed by atoms with van der Waals surface area (Å²) in [5, 5.41) is 0. The van der Waals surface area contributed by atoms with Gasteiger partial charge in [0.1, 0.15) is 5.60 Å².